The molecule has 3 aromatic heterocycles. The molecule has 11 aromatic carbocycles. The number of benzene rings is 11. The smallest absolute Gasteiger partial charge is 0.0640 e. The summed E-state index contributed by atoms with van der Waals surface area (Å²) in [6.45, 7) is 0. The lowest BCUT2D eigenvalue weighted by atomic mass is 9.96. The van der Waals surface area contributed by atoms with Crippen molar-refractivity contribution in [3.63, 3.8) is 0 Å². The molecule has 0 radical (unpaired) electrons. The lowest BCUT2D eigenvalue weighted by molar-refractivity contribution is 1.19. The Hall–Kier alpha value is -7.50. The number of para-hydroxylation sites is 1. The van der Waals surface area contributed by atoms with E-state index in [0.717, 1.165) is 11.4 Å². The Morgan fingerprint density at radius 3 is 1.81 bits per heavy atom. The fourth-order valence-electron chi connectivity index (χ4n) is 10.4. The largest absolute Gasteiger partial charge is 0.310 e. The van der Waals surface area contributed by atoms with E-state index in [4.69, 9.17) is 0 Å². The first-order valence-corrected chi connectivity index (χ1v) is 22.8. The van der Waals surface area contributed by atoms with Crippen LogP contribution in [0.25, 0.3) is 111 Å². The normalized spacial score (nSPS) is 12.2. The van der Waals surface area contributed by atoms with Gasteiger partial charge in [0.25, 0.3) is 0 Å². The summed E-state index contributed by atoms with van der Waals surface area (Å²) >= 11 is 3.80. The van der Waals surface area contributed by atoms with E-state index in [1.807, 2.05) is 22.7 Å². The van der Waals surface area contributed by atoms with Gasteiger partial charge < -0.3 is 9.47 Å². The third-order valence-corrected chi connectivity index (χ3v) is 15.3. The van der Waals surface area contributed by atoms with Crippen LogP contribution in [0.5, 0.6) is 0 Å². The summed E-state index contributed by atoms with van der Waals surface area (Å²) in [6.07, 6.45) is 0. The van der Waals surface area contributed by atoms with E-state index in [0.29, 0.717) is 0 Å². The minimum atomic E-state index is 1.12. The maximum atomic E-state index is 2.55. The summed E-state index contributed by atoms with van der Waals surface area (Å²) in [7, 11) is 0. The number of fused-ring (bicyclic) bond motifs is 11. The maximum Gasteiger partial charge on any atom is 0.0640 e. The first-order chi connectivity index (χ1) is 30.7. The molecule has 288 valence electrons. The molecule has 0 saturated carbocycles. The van der Waals surface area contributed by atoms with Crippen LogP contribution in [0.2, 0.25) is 0 Å². The second kappa shape index (κ2) is 13.0. The van der Waals surface area contributed by atoms with Gasteiger partial charge in [0, 0.05) is 73.6 Å². The van der Waals surface area contributed by atoms with Gasteiger partial charge in [-0.3, -0.25) is 0 Å². The Morgan fingerprint density at radius 2 is 0.968 bits per heavy atom. The average Bonchev–Trinajstić information content (AvgIpc) is 4.01. The second-order valence-corrected chi connectivity index (χ2v) is 18.6. The molecule has 0 aliphatic heterocycles. The van der Waals surface area contributed by atoms with Gasteiger partial charge in [0.15, 0.2) is 0 Å². The van der Waals surface area contributed by atoms with Gasteiger partial charge in [-0.15, -0.1) is 22.7 Å². The Balaban J connectivity index is 1.04. The fraction of sp³-hybridized carbons (Fsp3) is 0. The van der Waals surface area contributed by atoms with E-state index in [-0.39, 0.29) is 0 Å². The molecule has 0 fully saturated rings. The van der Waals surface area contributed by atoms with Crippen LogP contribution in [0, 0.1) is 0 Å². The lowest BCUT2D eigenvalue weighted by Crippen LogP contribution is -2.10. The van der Waals surface area contributed by atoms with Crippen molar-refractivity contribution in [1.82, 2.24) is 4.57 Å². The molecule has 2 nitrogen and oxygen atoms in total. The molecule has 3 heterocycles. The molecular formula is C58H34N2S2. The standard InChI is InChI=1S/C58H34N2S2/c1-3-13-35(14-4-1)36-23-26-40(27-24-36)59(48-31-37-15-7-8-18-42(37)43-19-9-10-20-44(43)48)41-28-30-46-51(33-41)62-53-34-49-56-47(55(46)53)29-25-38-32-52-57(45-21-11-12-22-50(45)61-52)58(54(38)56)60(49)39-16-5-2-6-17-39/h1-34H. The zero-order valence-electron chi connectivity index (χ0n) is 33.3. The van der Waals surface area contributed by atoms with Crippen LogP contribution in [0.3, 0.4) is 0 Å². The minimum Gasteiger partial charge on any atom is -0.310 e. The predicted molar refractivity (Wildman–Crippen MR) is 270 cm³/mol. The monoisotopic (exact) mass is 822 g/mol. The van der Waals surface area contributed by atoms with Crippen LogP contribution in [0.4, 0.5) is 17.1 Å². The number of nitrogens with zero attached hydrogens (tertiary/aromatic N) is 2. The van der Waals surface area contributed by atoms with Gasteiger partial charge in [0.2, 0.25) is 0 Å². The summed E-state index contributed by atoms with van der Waals surface area (Å²) in [6, 6.07) is 76.4. The quantitative estimate of drug-likeness (QED) is 0.157. The van der Waals surface area contributed by atoms with Crippen molar-refractivity contribution in [3.8, 4) is 16.8 Å². The lowest BCUT2D eigenvalue weighted by Gasteiger charge is -2.28. The van der Waals surface area contributed by atoms with Gasteiger partial charge in [-0.2, -0.15) is 0 Å². The van der Waals surface area contributed by atoms with Crippen LogP contribution in [-0.4, -0.2) is 4.57 Å². The number of thiophene rings is 2. The fourth-order valence-corrected chi connectivity index (χ4v) is 12.8. The molecule has 0 N–H and O–H groups in total. The average molecular weight is 823 g/mol. The highest BCUT2D eigenvalue weighted by Gasteiger charge is 2.25. The molecule has 0 spiro atoms. The first kappa shape index (κ1) is 34.2. The molecule has 14 rings (SSSR count). The molecule has 4 heteroatoms. The first-order valence-electron chi connectivity index (χ1n) is 21.2. The van der Waals surface area contributed by atoms with Gasteiger partial charge in [0.1, 0.15) is 0 Å². The molecule has 0 aliphatic carbocycles. The number of anilines is 3. The highest BCUT2D eigenvalue weighted by Crippen LogP contribution is 2.51. The SMILES string of the molecule is c1ccc(-c2ccc(N(c3ccc4c(c3)sc3cc5c6c(ccc7cc8sc9ccccc9c8c(c76)n5-c5ccccc5)c34)c3cc4ccccc4c4ccccc34)cc2)cc1. The molecule has 0 amide bonds. The van der Waals surface area contributed by atoms with Crippen molar-refractivity contribution in [2.24, 2.45) is 0 Å². The predicted octanol–water partition coefficient (Wildman–Crippen LogP) is 17.6. The van der Waals surface area contributed by atoms with Crippen molar-refractivity contribution in [3.05, 3.63) is 206 Å². The van der Waals surface area contributed by atoms with Crippen molar-refractivity contribution in [1.29, 1.82) is 0 Å². The summed E-state index contributed by atoms with van der Waals surface area (Å²) in [5, 5.41) is 15.6. The second-order valence-electron chi connectivity index (χ2n) is 16.4. The molecule has 14 aromatic rings. The highest BCUT2D eigenvalue weighted by molar-refractivity contribution is 7.26. The van der Waals surface area contributed by atoms with Crippen molar-refractivity contribution < 1.29 is 0 Å². The topological polar surface area (TPSA) is 8.17 Å². The van der Waals surface area contributed by atoms with E-state index in [1.165, 1.54) is 117 Å². The molecule has 0 bridgehead atoms. The Labute approximate surface area is 364 Å². The van der Waals surface area contributed by atoms with Crippen LogP contribution in [0.15, 0.2) is 206 Å². The number of rotatable bonds is 5. The van der Waals surface area contributed by atoms with Gasteiger partial charge in [-0.1, -0.05) is 146 Å². The zero-order chi connectivity index (χ0) is 40.5. The number of hydrogen-bond donors (Lipinski definition) is 0. The zero-order valence-corrected chi connectivity index (χ0v) is 35.0. The van der Waals surface area contributed by atoms with Crippen molar-refractivity contribution in [2.45, 2.75) is 0 Å². The Bertz CT molecular complexity index is 4080. The third-order valence-electron chi connectivity index (χ3n) is 13.1. The van der Waals surface area contributed by atoms with Gasteiger partial charge >= 0.3 is 0 Å². The highest BCUT2D eigenvalue weighted by atomic mass is 32.1. The molecule has 0 atom stereocenters. The van der Waals surface area contributed by atoms with E-state index in [9.17, 15) is 0 Å². The van der Waals surface area contributed by atoms with E-state index in [1.54, 1.807) is 0 Å². The maximum absolute atomic E-state index is 2.55. The van der Waals surface area contributed by atoms with Crippen LogP contribution < -0.4 is 4.90 Å². The molecular weight excluding hydrogens is 789 g/mol. The molecule has 0 saturated heterocycles. The molecule has 0 aliphatic rings. The van der Waals surface area contributed by atoms with Crippen molar-refractivity contribution >= 4 is 134 Å². The molecule has 0 unspecified atom stereocenters. The van der Waals surface area contributed by atoms with Crippen LogP contribution in [0.1, 0.15) is 0 Å². The summed E-state index contributed by atoms with van der Waals surface area (Å²) in [5.74, 6) is 0. The Morgan fingerprint density at radius 1 is 0.339 bits per heavy atom. The molecule has 62 heavy (non-hydrogen) atoms. The number of aromatic nitrogens is 1. The van der Waals surface area contributed by atoms with Crippen LogP contribution >= 0.6 is 22.7 Å². The van der Waals surface area contributed by atoms with Gasteiger partial charge in [0.05, 0.1) is 16.7 Å². The Kier molecular flexibility index (Phi) is 7.18. The number of hydrogen-bond acceptors (Lipinski definition) is 3. The van der Waals surface area contributed by atoms with Gasteiger partial charge in [-0.05, 0) is 98.7 Å². The summed E-state index contributed by atoms with van der Waals surface area (Å²) in [4.78, 5) is 2.47. The third kappa shape index (κ3) is 4.85. The van der Waals surface area contributed by atoms with E-state index >= 15 is 0 Å². The van der Waals surface area contributed by atoms with E-state index in [2.05, 4.69) is 216 Å². The van der Waals surface area contributed by atoms with Gasteiger partial charge in [-0.25, -0.2) is 0 Å². The minimum absolute atomic E-state index is 1.12. The van der Waals surface area contributed by atoms with E-state index < -0.39 is 0 Å². The van der Waals surface area contributed by atoms with Crippen molar-refractivity contribution in [2.75, 3.05) is 4.90 Å². The summed E-state index contributed by atoms with van der Waals surface area (Å²) in [5.41, 5.74) is 9.60. The summed E-state index contributed by atoms with van der Waals surface area (Å²) < 4.78 is 7.79. The van der Waals surface area contributed by atoms with Crippen LogP contribution in [-0.2, 0) is 0 Å².